The SMILES string of the molecule is COc1cc2nccc(Oc3ccc(NC(=S)NC(=O)N(C(C)C)C(C)C)cc3)c2cc1OC. The van der Waals surface area contributed by atoms with E-state index in [1.54, 1.807) is 31.4 Å². The van der Waals surface area contributed by atoms with Gasteiger partial charge in [0.15, 0.2) is 16.6 Å². The molecule has 0 unspecified atom stereocenters. The lowest BCUT2D eigenvalue weighted by Crippen LogP contribution is -2.50. The number of anilines is 1. The number of ether oxygens (including phenoxy) is 3. The van der Waals surface area contributed by atoms with E-state index in [0.717, 1.165) is 16.6 Å². The number of nitrogens with one attached hydrogen (secondary N) is 2. The summed E-state index contributed by atoms with van der Waals surface area (Å²) in [5.74, 6) is 2.46. The van der Waals surface area contributed by atoms with Crippen molar-refractivity contribution in [2.24, 2.45) is 0 Å². The van der Waals surface area contributed by atoms with Crippen molar-refractivity contribution in [3.63, 3.8) is 0 Å². The zero-order valence-corrected chi connectivity index (χ0v) is 21.0. The Balaban J connectivity index is 1.70. The quantitative estimate of drug-likeness (QED) is 0.426. The summed E-state index contributed by atoms with van der Waals surface area (Å²) < 4.78 is 16.9. The fourth-order valence-electron chi connectivity index (χ4n) is 3.66. The third-order valence-corrected chi connectivity index (χ3v) is 5.32. The molecule has 3 rings (SSSR count). The van der Waals surface area contributed by atoms with E-state index in [4.69, 9.17) is 26.4 Å². The number of thiocarbonyl (C=S) groups is 1. The highest BCUT2D eigenvalue weighted by molar-refractivity contribution is 7.80. The first-order valence-electron chi connectivity index (χ1n) is 10.9. The molecule has 0 bridgehead atoms. The number of hydrogen-bond donors (Lipinski definition) is 2. The smallest absolute Gasteiger partial charge is 0.324 e. The van der Waals surface area contributed by atoms with E-state index in [9.17, 15) is 4.79 Å². The van der Waals surface area contributed by atoms with Crippen LogP contribution in [-0.4, -0.2) is 47.3 Å². The Labute approximate surface area is 205 Å². The van der Waals surface area contributed by atoms with Crippen LogP contribution in [-0.2, 0) is 0 Å². The van der Waals surface area contributed by atoms with Crippen molar-refractivity contribution in [2.75, 3.05) is 19.5 Å². The zero-order chi connectivity index (χ0) is 24.8. The van der Waals surface area contributed by atoms with Gasteiger partial charge in [-0.3, -0.25) is 10.3 Å². The first-order chi connectivity index (χ1) is 16.2. The standard InChI is InChI=1S/C25H30N4O4S/c1-15(2)29(16(3)4)25(30)28-24(34)27-17-7-9-18(10-8-17)33-21-11-12-26-20-14-23(32-6)22(31-5)13-19(20)21/h7-16H,1-6H3,(H2,27,28,30,34). The van der Waals surface area contributed by atoms with Crippen LogP contribution in [0.4, 0.5) is 10.5 Å². The number of amides is 2. The van der Waals surface area contributed by atoms with E-state index in [0.29, 0.717) is 23.0 Å². The molecule has 0 spiro atoms. The maximum Gasteiger partial charge on any atom is 0.324 e. The number of benzene rings is 2. The van der Waals surface area contributed by atoms with Crippen LogP contribution in [0.15, 0.2) is 48.7 Å². The average Bonchev–Trinajstić information content (AvgIpc) is 2.79. The number of rotatable bonds is 7. The number of aromatic nitrogens is 1. The van der Waals surface area contributed by atoms with E-state index in [-0.39, 0.29) is 23.2 Å². The van der Waals surface area contributed by atoms with Gasteiger partial charge in [-0.25, -0.2) is 4.79 Å². The number of methoxy groups -OCH3 is 2. The number of fused-ring (bicyclic) bond motifs is 1. The number of carbonyl (C=O) groups excluding carboxylic acids is 1. The highest BCUT2D eigenvalue weighted by atomic mass is 32.1. The van der Waals surface area contributed by atoms with E-state index in [1.807, 2.05) is 64.1 Å². The number of carbonyl (C=O) groups is 1. The highest BCUT2D eigenvalue weighted by Gasteiger charge is 2.20. The Morgan fingerprint density at radius 2 is 1.56 bits per heavy atom. The van der Waals surface area contributed by atoms with Crippen LogP contribution in [0.2, 0.25) is 0 Å². The topological polar surface area (TPSA) is 85.0 Å². The molecule has 9 heteroatoms. The van der Waals surface area contributed by atoms with Crippen LogP contribution in [0.25, 0.3) is 10.9 Å². The molecule has 1 aromatic heterocycles. The van der Waals surface area contributed by atoms with E-state index in [1.165, 1.54) is 0 Å². The predicted molar refractivity (Wildman–Crippen MR) is 138 cm³/mol. The van der Waals surface area contributed by atoms with Crippen molar-refractivity contribution in [1.82, 2.24) is 15.2 Å². The van der Waals surface area contributed by atoms with Crippen LogP contribution < -0.4 is 24.8 Å². The summed E-state index contributed by atoms with van der Waals surface area (Å²) in [6.45, 7) is 7.86. The number of pyridine rings is 1. The molecule has 34 heavy (non-hydrogen) atoms. The minimum Gasteiger partial charge on any atom is -0.493 e. The molecule has 0 atom stereocenters. The first-order valence-corrected chi connectivity index (χ1v) is 11.3. The molecule has 0 aliphatic heterocycles. The van der Waals surface area contributed by atoms with E-state index >= 15 is 0 Å². The molecule has 0 saturated carbocycles. The molecule has 0 aliphatic rings. The maximum atomic E-state index is 12.5. The van der Waals surface area contributed by atoms with Gasteiger partial charge in [0.05, 0.1) is 19.7 Å². The second kappa shape index (κ2) is 11.0. The maximum absolute atomic E-state index is 12.5. The Bertz CT molecular complexity index is 1160. The first kappa shape index (κ1) is 25.0. The molecule has 2 N–H and O–H groups in total. The number of hydrogen-bond acceptors (Lipinski definition) is 6. The van der Waals surface area contributed by atoms with Crippen LogP contribution >= 0.6 is 12.2 Å². The molecule has 3 aromatic rings. The summed E-state index contributed by atoms with van der Waals surface area (Å²) in [6, 6.07) is 12.6. The molecule has 0 aliphatic carbocycles. The molecule has 180 valence electrons. The van der Waals surface area contributed by atoms with Gasteiger partial charge in [0.1, 0.15) is 11.5 Å². The lowest BCUT2D eigenvalue weighted by molar-refractivity contribution is 0.170. The largest absolute Gasteiger partial charge is 0.493 e. The molecule has 0 radical (unpaired) electrons. The van der Waals surface area contributed by atoms with Gasteiger partial charge in [0, 0.05) is 35.4 Å². The molecular weight excluding hydrogens is 452 g/mol. The lowest BCUT2D eigenvalue weighted by Gasteiger charge is -2.30. The van der Waals surface area contributed by atoms with Crippen LogP contribution in [0, 0.1) is 0 Å². The minimum absolute atomic E-state index is 0.0598. The molecule has 8 nitrogen and oxygen atoms in total. The van der Waals surface area contributed by atoms with Crippen LogP contribution in [0.3, 0.4) is 0 Å². The Morgan fingerprint density at radius 3 is 2.15 bits per heavy atom. The van der Waals surface area contributed by atoms with E-state index < -0.39 is 0 Å². The fraction of sp³-hybridized carbons (Fsp3) is 0.320. The van der Waals surface area contributed by atoms with Gasteiger partial charge in [0.2, 0.25) is 0 Å². The van der Waals surface area contributed by atoms with Crippen molar-refractivity contribution >= 4 is 40.0 Å². The third-order valence-electron chi connectivity index (χ3n) is 5.11. The second-order valence-electron chi connectivity index (χ2n) is 8.14. The van der Waals surface area contributed by atoms with Gasteiger partial charge < -0.3 is 24.4 Å². The van der Waals surface area contributed by atoms with Gasteiger partial charge in [-0.05, 0) is 76.3 Å². The molecule has 0 fully saturated rings. The summed E-state index contributed by atoms with van der Waals surface area (Å²) in [7, 11) is 3.17. The van der Waals surface area contributed by atoms with Gasteiger partial charge in [0.25, 0.3) is 0 Å². The average molecular weight is 483 g/mol. The van der Waals surface area contributed by atoms with Gasteiger partial charge in [-0.1, -0.05) is 0 Å². The van der Waals surface area contributed by atoms with Crippen LogP contribution in [0.5, 0.6) is 23.0 Å². The van der Waals surface area contributed by atoms with Crippen molar-refractivity contribution in [3.05, 3.63) is 48.7 Å². The molecule has 1 heterocycles. The van der Waals surface area contributed by atoms with Gasteiger partial charge in [-0.2, -0.15) is 0 Å². The number of nitrogens with zero attached hydrogens (tertiary/aromatic N) is 2. The third kappa shape index (κ3) is 5.85. The monoisotopic (exact) mass is 482 g/mol. The molecule has 2 aromatic carbocycles. The molecular formula is C25H30N4O4S. The van der Waals surface area contributed by atoms with Crippen LogP contribution in [0.1, 0.15) is 27.7 Å². The summed E-state index contributed by atoms with van der Waals surface area (Å²) in [5, 5.41) is 6.79. The lowest BCUT2D eigenvalue weighted by atomic mass is 10.2. The molecule has 2 amide bonds. The van der Waals surface area contributed by atoms with Gasteiger partial charge >= 0.3 is 6.03 Å². The number of urea groups is 1. The summed E-state index contributed by atoms with van der Waals surface area (Å²) in [4.78, 5) is 18.6. The normalized spacial score (nSPS) is 10.8. The second-order valence-corrected chi connectivity index (χ2v) is 8.55. The highest BCUT2D eigenvalue weighted by Crippen LogP contribution is 2.36. The van der Waals surface area contributed by atoms with Crippen molar-refractivity contribution < 1.29 is 19.0 Å². The summed E-state index contributed by atoms with van der Waals surface area (Å²) >= 11 is 5.31. The summed E-state index contributed by atoms with van der Waals surface area (Å²) in [6.07, 6.45) is 1.68. The predicted octanol–water partition coefficient (Wildman–Crippen LogP) is 5.57. The fourth-order valence-corrected chi connectivity index (χ4v) is 3.86. The molecule has 0 saturated heterocycles. The Hall–Kier alpha value is -3.59. The Morgan fingerprint density at radius 1 is 0.941 bits per heavy atom. The Kier molecular flexibility index (Phi) is 8.12. The minimum atomic E-state index is -0.237. The summed E-state index contributed by atoms with van der Waals surface area (Å²) in [5.41, 5.74) is 1.45. The van der Waals surface area contributed by atoms with E-state index in [2.05, 4.69) is 15.6 Å². The van der Waals surface area contributed by atoms with Crippen molar-refractivity contribution in [2.45, 2.75) is 39.8 Å². The van der Waals surface area contributed by atoms with Gasteiger partial charge in [-0.15, -0.1) is 0 Å². The van der Waals surface area contributed by atoms with Crippen molar-refractivity contribution in [1.29, 1.82) is 0 Å². The zero-order valence-electron chi connectivity index (χ0n) is 20.2. The van der Waals surface area contributed by atoms with Crippen molar-refractivity contribution in [3.8, 4) is 23.0 Å².